The van der Waals surface area contributed by atoms with Gasteiger partial charge in [-0.25, -0.2) is 0 Å². The Morgan fingerprint density at radius 1 is 1.12 bits per heavy atom. The average molecular weight is 297 g/mol. The van der Waals surface area contributed by atoms with Gasteiger partial charge in [-0.1, -0.05) is 0 Å². The molecule has 0 radical (unpaired) electrons. The van der Waals surface area contributed by atoms with Gasteiger partial charge in [0.15, 0.2) is 0 Å². The van der Waals surface area contributed by atoms with Gasteiger partial charge in [0.2, 0.25) is 0 Å². The van der Waals surface area contributed by atoms with E-state index >= 15 is 0 Å². The second kappa shape index (κ2) is 9.27. The predicted octanol–water partition coefficient (Wildman–Crippen LogP) is 1.84. The van der Waals surface area contributed by atoms with Gasteiger partial charge in [-0.05, 0) is 0 Å². The van der Waals surface area contributed by atoms with Crippen LogP contribution in [0.25, 0.3) is 0 Å². The first-order valence-electron chi connectivity index (χ1n) is 5.76. The van der Waals surface area contributed by atoms with Crippen molar-refractivity contribution in [3.63, 3.8) is 0 Å². The van der Waals surface area contributed by atoms with E-state index in [0.29, 0.717) is 28.2 Å². The standard InChI is InChI=1S/C14H18O2Se/c1-3-15-14(16-4-2)11-8-12-17-13-9-6-5-7-10-13/h5-7,9-10,14H,3-4,12H2,1-2H3. The molecule has 2 nitrogen and oxygen atoms in total. The summed E-state index contributed by atoms with van der Waals surface area (Å²) in [5, 5.41) is 0.896. The van der Waals surface area contributed by atoms with E-state index in [1.807, 2.05) is 19.9 Å². The van der Waals surface area contributed by atoms with Crippen molar-refractivity contribution in [2.24, 2.45) is 0 Å². The molecule has 3 heteroatoms. The first kappa shape index (κ1) is 14.3. The van der Waals surface area contributed by atoms with Gasteiger partial charge in [-0.15, -0.1) is 0 Å². The van der Waals surface area contributed by atoms with Gasteiger partial charge in [0.1, 0.15) is 0 Å². The first-order valence-corrected chi connectivity index (χ1v) is 7.83. The number of rotatable bonds is 6. The molecule has 0 spiro atoms. The van der Waals surface area contributed by atoms with E-state index in [1.165, 1.54) is 4.46 Å². The van der Waals surface area contributed by atoms with Gasteiger partial charge >= 0.3 is 110 Å². The van der Waals surface area contributed by atoms with E-state index in [0.717, 1.165) is 5.32 Å². The zero-order chi connectivity index (χ0) is 12.3. The molecule has 92 valence electrons. The van der Waals surface area contributed by atoms with Gasteiger partial charge < -0.3 is 0 Å². The van der Waals surface area contributed by atoms with E-state index in [1.54, 1.807) is 0 Å². The fourth-order valence-electron chi connectivity index (χ4n) is 1.20. The first-order chi connectivity index (χ1) is 8.36. The molecule has 1 aromatic carbocycles. The van der Waals surface area contributed by atoms with Crippen LogP contribution in [0.5, 0.6) is 0 Å². The summed E-state index contributed by atoms with van der Waals surface area (Å²) in [6, 6.07) is 10.4. The zero-order valence-electron chi connectivity index (χ0n) is 10.3. The van der Waals surface area contributed by atoms with Crippen LogP contribution in [0, 0.1) is 11.8 Å². The minimum atomic E-state index is -0.364. The Kier molecular flexibility index (Phi) is 7.79. The maximum absolute atomic E-state index is 5.35. The fourth-order valence-corrected chi connectivity index (χ4v) is 2.60. The molecule has 0 aliphatic carbocycles. The molecule has 0 saturated heterocycles. The summed E-state index contributed by atoms with van der Waals surface area (Å²) in [4.78, 5) is 0. The van der Waals surface area contributed by atoms with Crippen molar-refractivity contribution in [3.8, 4) is 11.8 Å². The molecular weight excluding hydrogens is 279 g/mol. The molecule has 0 aliphatic rings. The molecule has 0 bridgehead atoms. The summed E-state index contributed by atoms with van der Waals surface area (Å²) >= 11 is 0.414. The molecule has 0 unspecified atom stereocenters. The monoisotopic (exact) mass is 298 g/mol. The zero-order valence-corrected chi connectivity index (χ0v) is 12.0. The van der Waals surface area contributed by atoms with E-state index < -0.39 is 0 Å². The van der Waals surface area contributed by atoms with Crippen LogP contribution in [-0.4, -0.2) is 34.5 Å². The van der Waals surface area contributed by atoms with Gasteiger partial charge in [-0.2, -0.15) is 0 Å². The number of hydrogen-bond acceptors (Lipinski definition) is 2. The number of ether oxygens (including phenoxy) is 2. The third kappa shape index (κ3) is 6.51. The van der Waals surface area contributed by atoms with Crippen molar-refractivity contribution in [3.05, 3.63) is 30.3 Å². The van der Waals surface area contributed by atoms with Crippen LogP contribution in [-0.2, 0) is 9.47 Å². The summed E-state index contributed by atoms with van der Waals surface area (Å²) < 4.78 is 12.1. The van der Waals surface area contributed by atoms with Crippen LogP contribution in [0.1, 0.15) is 13.8 Å². The van der Waals surface area contributed by atoms with E-state index in [9.17, 15) is 0 Å². The molecular formula is C14H18O2Se. The van der Waals surface area contributed by atoms with Crippen LogP contribution in [0.4, 0.5) is 0 Å². The fraction of sp³-hybridized carbons (Fsp3) is 0.429. The SMILES string of the molecule is CCOC(C#CC[Se]c1ccccc1)OCC. The Bertz CT molecular complexity index is 347. The summed E-state index contributed by atoms with van der Waals surface area (Å²) in [6.45, 7) is 5.15. The molecule has 0 N–H and O–H groups in total. The van der Waals surface area contributed by atoms with Crippen LogP contribution in [0.15, 0.2) is 30.3 Å². The van der Waals surface area contributed by atoms with Crippen LogP contribution in [0.2, 0.25) is 5.32 Å². The number of hydrogen-bond donors (Lipinski definition) is 0. The van der Waals surface area contributed by atoms with Crippen molar-refractivity contribution in [2.45, 2.75) is 25.5 Å². The quantitative estimate of drug-likeness (QED) is 0.453. The molecule has 0 atom stereocenters. The molecule has 0 aromatic heterocycles. The second-order valence-corrected chi connectivity index (χ2v) is 5.37. The molecule has 17 heavy (non-hydrogen) atoms. The number of benzene rings is 1. The van der Waals surface area contributed by atoms with Crippen LogP contribution < -0.4 is 4.46 Å². The molecule has 0 aliphatic heterocycles. The third-order valence-corrected chi connectivity index (χ3v) is 3.79. The Labute approximate surface area is 110 Å². The summed E-state index contributed by atoms with van der Waals surface area (Å²) in [6.07, 6.45) is -0.364. The molecule has 0 heterocycles. The summed E-state index contributed by atoms with van der Waals surface area (Å²) in [7, 11) is 0. The Hall–Kier alpha value is -0.781. The van der Waals surface area contributed by atoms with Crippen molar-refractivity contribution in [1.82, 2.24) is 0 Å². The van der Waals surface area contributed by atoms with Gasteiger partial charge in [0.25, 0.3) is 0 Å². The van der Waals surface area contributed by atoms with E-state index in [2.05, 4.69) is 36.1 Å². The van der Waals surface area contributed by atoms with Gasteiger partial charge in [-0.3, -0.25) is 0 Å². The molecule has 0 fully saturated rings. The molecule has 1 rings (SSSR count). The van der Waals surface area contributed by atoms with E-state index in [-0.39, 0.29) is 6.29 Å². The van der Waals surface area contributed by atoms with Gasteiger partial charge in [0, 0.05) is 0 Å². The Morgan fingerprint density at radius 3 is 2.35 bits per heavy atom. The van der Waals surface area contributed by atoms with Crippen molar-refractivity contribution in [1.29, 1.82) is 0 Å². The van der Waals surface area contributed by atoms with Crippen LogP contribution >= 0.6 is 0 Å². The average Bonchev–Trinajstić information content (AvgIpc) is 2.36. The molecule has 1 aromatic rings. The van der Waals surface area contributed by atoms with Gasteiger partial charge in [0.05, 0.1) is 0 Å². The van der Waals surface area contributed by atoms with Crippen molar-refractivity contribution < 1.29 is 9.47 Å². The topological polar surface area (TPSA) is 18.5 Å². The molecule has 0 amide bonds. The summed E-state index contributed by atoms with van der Waals surface area (Å²) in [5.74, 6) is 6.14. The predicted molar refractivity (Wildman–Crippen MR) is 71.5 cm³/mol. The van der Waals surface area contributed by atoms with E-state index in [4.69, 9.17) is 9.47 Å². The molecule has 0 saturated carbocycles. The Balaban J connectivity index is 2.33. The van der Waals surface area contributed by atoms with Crippen LogP contribution in [0.3, 0.4) is 0 Å². The van der Waals surface area contributed by atoms with Crippen molar-refractivity contribution >= 4 is 19.4 Å². The Morgan fingerprint density at radius 2 is 1.76 bits per heavy atom. The maximum atomic E-state index is 5.35. The third-order valence-electron chi connectivity index (χ3n) is 1.91. The second-order valence-electron chi connectivity index (χ2n) is 3.17. The van der Waals surface area contributed by atoms with Crippen molar-refractivity contribution in [2.75, 3.05) is 13.2 Å². The minimum absolute atomic E-state index is 0.364. The normalized spacial score (nSPS) is 10.1. The summed E-state index contributed by atoms with van der Waals surface area (Å²) in [5.41, 5.74) is 0.